The zero-order chi connectivity index (χ0) is 15.7. The minimum Gasteiger partial charge on any atom is -0.378 e. The molecule has 3 rings (SSSR count). The number of hydrogen-bond acceptors (Lipinski definition) is 3. The van der Waals surface area contributed by atoms with E-state index < -0.39 is 5.92 Å². The number of aryl methyl sites for hydroxylation is 2. The van der Waals surface area contributed by atoms with Crippen molar-refractivity contribution in [1.82, 2.24) is 10.0 Å². The maximum atomic E-state index is 12.8. The Bertz CT molecular complexity index is 553. The van der Waals surface area contributed by atoms with Crippen molar-refractivity contribution in [1.29, 1.82) is 0 Å². The summed E-state index contributed by atoms with van der Waals surface area (Å²) in [6.07, 6.45) is 1.65. The SMILES string of the molecule is CCc1cccc(CC)c1C1C(=O)N2CCOCCN2C1=O. The molecule has 0 saturated carbocycles. The monoisotopic (exact) mass is 302 g/mol. The van der Waals surface area contributed by atoms with Gasteiger partial charge in [-0.05, 0) is 29.5 Å². The quantitative estimate of drug-likeness (QED) is 0.795. The largest absolute Gasteiger partial charge is 0.378 e. The Balaban J connectivity index is 2.05. The smallest absolute Gasteiger partial charge is 0.258 e. The second-order valence-electron chi connectivity index (χ2n) is 5.67. The second kappa shape index (κ2) is 6.08. The van der Waals surface area contributed by atoms with Gasteiger partial charge in [0.05, 0.1) is 26.3 Å². The van der Waals surface area contributed by atoms with Crippen LogP contribution in [-0.2, 0) is 27.2 Å². The molecule has 5 heteroatoms. The number of amides is 2. The number of hydrogen-bond donors (Lipinski definition) is 0. The summed E-state index contributed by atoms with van der Waals surface area (Å²) in [5.74, 6) is -0.888. The molecule has 0 N–H and O–H groups in total. The van der Waals surface area contributed by atoms with Gasteiger partial charge in [-0.2, -0.15) is 0 Å². The molecule has 1 aromatic rings. The van der Waals surface area contributed by atoms with E-state index >= 15 is 0 Å². The van der Waals surface area contributed by atoms with Crippen molar-refractivity contribution in [3.05, 3.63) is 34.9 Å². The zero-order valence-corrected chi connectivity index (χ0v) is 13.2. The van der Waals surface area contributed by atoms with Gasteiger partial charge in [0.15, 0.2) is 0 Å². The third kappa shape index (κ3) is 2.29. The molecular weight excluding hydrogens is 280 g/mol. The lowest BCUT2D eigenvalue weighted by Gasteiger charge is -2.23. The van der Waals surface area contributed by atoms with Crippen molar-refractivity contribution in [2.24, 2.45) is 0 Å². The molecule has 0 bridgehead atoms. The first-order valence-electron chi connectivity index (χ1n) is 8.00. The summed E-state index contributed by atoms with van der Waals surface area (Å²) in [5, 5.41) is 3.15. The first-order chi connectivity index (χ1) is 10.7. The summed E-state index contributed by atoms with van der Waals surface area (Å²) in [6.45, 7) is 6.01. The molecule has 2 saturated heterocycles. The fraction of sp³-hybridized carbons (Fsp3) is 0.529. The van der Waals surface area contributed by atoms with Gasteiger partial charge in [-0.25, -0.2) is 10.0 Å². The average Bonchev–Trinajstić information content (AvgIpc) is 2.73. The van der Waals surface area contributed by atoms with Crippen molar-refractivity contribution in [3.8, 4) is 0 Å². The highest BCUT2D eigenvalue weighted by Gasteiger charge is 2.47. The number of carbonyl (C=O) groups is 2. The first kappa shape index (κ1) is 15.0. The summed E-state index contributed by atoms with van der Waals surface area (Å²) in [7, 11) is 0. The fourth-order valence-corrected chi connectivity index (χ4v) is 3.41. The lowest BCUT2D eigenvalue weighted by molar-refractivity contribution is -0.145. The van der Waals surface area contributed by atoms with Crippen LogP contribution in [0.1, 0.15) is 36.5 Å². The second-order valence-corrected chi connectivity index (χ2v) is 5.67. The van der Waals surface area contributed by atoms with Gasteiger partial charge in [0.25, 0.3) is 11.8 Å². The number of rotatable bonds is 3. The molecule has 0 aromatic heterocycles. The molecule has 0 atom stereocenters. The van der Waals surface area contributed by atoms with Crippen molar-refractivity contribution in [2.75, 3.05) is 26.3 Å². The Morgan fingerprint density at radius 2 is 1.50 bits per heavy atom. The molecule has 5 nitrogen and oxygen atoms in total. The van der Waals surface area contributed by atoms with Crippen LogP contribution in [0.15, 0.2) is 18.2 Å². The molecule has 0 radical (unpaired) electrons. The van der Waals surface area contributed by atoms with Crippen LogP contribution in [0.4, 0.5) is 0 Å². The van der Waals surface area contributed by atoms with Crippen LogP contribution in [0.2, 0.25) is 0 Å². The molecular formula is C17H22N2O3. The van der Waals surface area contributed by atoms with E-state index in [1.807, 2.05) is 18.2 Å². The van der Waals surface area contributed by atoms with Gasteiger partial charge in [0.1, 0.15) is 5.92 Å². The summed E-state index contributed by atoms with van der Waals surface area (Å²) >= 11 is 0. The van der Waals surface area contributed by atoms with E-state index in [4.69, 9.17) is 4.74 Å². The topological polar surface area (TPSA) is 49.9 Å². The number of ether oxygens (including phenoxy) is 1. The van der Waals surface area contributed by atoms with Crippen LogP contribution in [0.5, 0.6) is 0 Å². The summed E-state index contributed by atoms with van der Waals surface area (Å²) in [4.78, 5) is 25.7. The van der Waals surface area contributed by atoms with E-state index in [2.05, 4.69) is 13.8 Å². The Hall–Kier alpha value is -1.88. The van der Waals surface area contributed by atoms with E-state index in [9.17, 15) is 9.59 Å². The van der Waals surface area contributed by atoms with E-state index in [0.717, 1.165) is 29.5 Å². The molecule has 118 valence electrons. The summed E-state index contributed by atoms with van der Waals surface area (Å²) in [6, 6.07) is 6.06. The summed E-state index contributed by atoms with van der Waals surface area (Å²) < 4.78 is 5.37. The number of benzene rings is 1. The van der Waals surface area contributed by atoms with E-state index in [1.54, 1.807) is 10.0 Å². The van der Waals surface area contributed by atoms with Crippen LogP contribution < -0.4 is 0 Å². The molecule has 2 aliphatic rings. The molecule has 0 aliphatic carbocycles. The lowest BCUT2D eigenvalue weighted by Crippen LogP contribution is -2.41. The van der Waals surface area contributed by atoms with E-state index in [0.29, 0.717) is 26.3 Å². The van der Waals surface area contributed by atoms with Gasteiger partial charge in [0, 0.05) is 0 Å². The fourth-order valence-electron chi connectivity index (χ4n) is 3.41. The van der Waals surface area contributed by atoms with E-state index in [1.165, 1.54) is 0 Å². The number of fused-ring (bicyclic) bond motifs is 1. The van der Waals surface area contributed by atoms with Crippen molar-refractivity contribution in [2.45, 2.75) is 32.6 Å². The lowest BCUT2D eigenvalue weighted by atomic mass is 9.87. The molecule has 0 unspecified atom stereocenters. The highest BCUT2D eigenvalue weighted by molar-refractivity contribution is 6.10. The maximum absolute atomic E-state index is 12.8. The Labute approximate surface area is 130 Å². The number of carbonyl (C=O) groups excluding carboxylic acids is 2. The van der Waals surface area contributed by atoms with Gasteiger partial charge in [-0.3, -0.25) is 9.59 Å². The zero-order valence-electron chi connectivity index (χ0n) is 13.2. The minimum absolute atomic E-state index is 0.105. The highest BCUT2D eigenvalue weighted by Crippen LogP contribution is 2.34. The van der Waals surface area contributed by atoms with Gasteiger partial charge in [-0.1, -0.05) is 32.0 Å². The van der Waals surface area contributed by atoms with Crippen molar-refractivity contribution >= 4 is 11.8 Å². The average molecular weight is 302 g/mol. The van der Waals surface area contributed by atoms with Crippen LogP contribution >= 0.6 is 0 Å². The Kier molecular flexibility index (Phi) is 4.16. The van der Waals surface area contributed by atoms with Gasteiger partial charge >= 0.3 is 0 Å². The third-order valence-electron chi connectivity index (χ3n) is 4.53. The first-order valence-corrected chi connectivity index (χ1v) is 8.00. The van der Waals surface area contributed by atoms with Gasteiger partial charge in [0.2, 0.25) is 0 Å². The van der Waals surface area contributed by atoms with Crippen molar-refractivity contribution < 1.29 is 14.3 Å². The third-order valence-corrected chi connectivity index (χ3v) is 4.53. The molecule has 2 amide bonds. The molecule has 0 spiro atoms. The van der Waals surface area contributed by atoms with Crippen LogP contribution in [0, 0.1) is 0 Å². The van der Waals surface area contributed by atoms with Gasteiger partial charge < -0.3 is 4.74 Å². The normalized spacial score (nSPS) is 19.5. The summed E-state index contributed by atoms with van der Waals surface area (Å²) in [5.41, 5.74) is 3.12. The van der Waals surface area contributed by atoms with Crippen LogP contribution in [0.3, 0.4) is 0 Å². The van der Waals surface area contributed by atoms with Gasteiger partial charge in [-0.15, -0.1) is 0 Å². The van der Waals surface area contributed by atoms with E-state index in [-0.39, 0.29) is 11.8 Å². The van der Waals surface area contributed by atoms with Crippen molar-refractivity contribution in [3.63, 3.8) is 0 Å². The number of hydrazine groups is 1. The predicted molar refractivity (Wildman–Crippen MR) is 82.2 cm³/mol. The molecule has 2 fully saturated rings. The van der Waals surface area contributed by atoms with Crippen LogP contribution in [0.25, 0.3) is 0 Å². The van der Waals surface area contributed by atoms with Crippen LogP contribution in [-0.4, -0.2) is 48.1 Å². The minimum atomic E-state index is -0.677. The number of nitrogens with zero attached hydrogens (tertiary/aromatic N) is 2. The molecule has 2 heterocycles. The predicted octanol–water partition coefficient (Wildman–Crippen LogP) is 1.51. The Morgan fingerprint density at radius 1 is 1.00 bits per heavy atom. The molecule has 1 aromatic carbocycles. The molecule has 22 heavy (non-hydrogen) atoms. The maximum Gasteiger partial charge on any atom is 0.258 e. The Morgan fingerprint density at radius 3 is 1.95 bits per heavy atom. The standard InChI is InChI=1S/C17H22N2O3/c1-3-12-6-5-7-13(4-2)14(12)15-16(20)18-8-10-22-11-9-19(18)17(15)21/h5-7,15H,3-4,8-11H2,1-2H3. The molecule has 2 aliphatic heterocycles. The highest BCUT2D eigenvalue weighted by atomic mass is 16.5.